The Hall–Kier alpha value is -3.80. The summed E-state index contributed by atoms with van der Waals surface area (Å²) >= 11 is 0. The Morgan fingerprint density at radius 2 is 1.75 bits per heavy atom. The quantitative estimate of drug-likeness (QED) is 0.455. The van der Waals surface area contributed by atoms with E-state index in [-0.39, 0.29) is 25.0 Å². The number of urea groups is 1. The zero-order valence-electron chi connectivity index (χ0n) is 18.4. The molecule has 6 heteroatoms. The number of amides is 3. The van der Waals surface area contributed by atoms with Gasteiger partial charge in [0.25, 0.3) is 0 Å². The maximum absolute atomic E-state index is 13.2. The van der Waals surface area contributed by atoms with Crippen LogP contribution in [0.3, 0.4) is 0 Å². The van der Waals surface area contributed by atoms with E-state index in [9.17, 15) is 9.59 Å². The maximum atomic E-state index is 13.2. The Balaban J connectivity index is 1.72. The fourth-order valence-corrected chi connectivity index (χ4v) is 3.34. The highest BCUT2D eigenvalue weighted by atomic mass is 16.3. The summed E-state index contributed by atoms with van der Waals surface area (Å²) in [5.41, 5.74) is 2.83. The average Bonchev–Trinajstić information content (AvgIpc) is 3.32. The molecule has 0 spiro atoms. The zero-order chi connectivity index (χ0) is 22.8. The number of carbonyl (C=O) groups is 2. The van der Waals surface area contributed by atoms with Crippen molar-refractivity contribution >= 4 is 17.6 Å². The summed E-state index contributed by atoms with van der Waals surface area (Å²) < 4.78 is 5.45. The molecule has 0 aliphatic rings. The molecule has 0 bridgehead atoms. The number of benzene rings is 2. The third-order valence-corrected chi connectivity index (χ3v) is 5.05. The molecule has 32 heavy (non-hydrogen) atoms. The Kier molecular flexibility index (Phi) is 8.26. The van der Waals surface area contributed by atoms with Crippen LogP contribution in [0.1, 0.15) is 23.8 Å². The minimum atomic E-state index is -0.343. The van der Waals surface area contributed by atoms with Crippen LogP contribution in [-0.2, 0) is 24.3 Å². The number of nitrogens with one attached hydrogen (secondary N) is 1. The molecule has 0 aliphatic carbocycles. The van der Waals surface area contributed by atoms with Crippen LogP contribution in [0.15, 0.2) is 90.1 Å². The number of aryl methyl sites for hydroxylation is 1. The van der Waals surface area contributed by atoms with E-state index in [0.29, 0.717) is 24.5 Å². The second kappa shape index (κ2) is 11.6. The summed E-state index contributed by atoms with van der Waals surface area (Å²) in [4.78, 5) is 29.3. The molecule has 3 rings (SSSR count). The van der Waals surface area contributed by atoms with E-state index in [2.05, 4.69) is 18.8 Å². The van der Waals surface area contributed by atoms with E-state index in [1.807, 2.05) is 60.7 Å². The SMILES string of the molecule is C=CCN(CC(=O)N(Cc1ccccc1)Cc1ccco1)C(=O)Nc1cccc(CC)c1. The van der Waals surface area contributed by atoms with Crippen LogP contribution in [0.4, 0.5) is 10.5 Å². The molecule has 6 nitrogen and oxygen atoms in total. The van der Waals surface area contributed by atoms with Crippen LogP contribution < -0.4 is 5.32 Å². The predicted molar refractivity (Wildman–Crippen MR) is 126 cm³/mol. The summed E-state index contributed by atoms with van der Waals surface area (Å²) in [6.07, 6.45) is 4.07. The summed E-state index contributed by atoms with van der Waals surface area (Å²) in [5.74, 6) is 0.509. The molecule has 0 saturated heterocycles. The molecule has 0 radical (unpaired) electrons. The number of furan rings is 1. The van der Waals surface area contributed by atoms with Gasteiger partial charge in [0.2, 0.25) is 5.91 Å². The first-order valence-electron chi connectivity index (χ1n) is 10.7. The van der Waals surface area contributed by atoms with Gasteiger partial charge in [-0.1, -0.05) is 55.5 Å². The van der Waals surface area contributed by atoms with E-state index in [1.165, 1.54) is 4.90 Å². The summed E-state index contributed by atoms with van der Waals surface area (Å²) in [6, 6.07) is 20.7. The minimum absolute atomic E-state index is 0.0706. The van der Waals surface area contributed by atoms with Crippen molar-refractivity contribution in [1.29, 1.82) is 0 Å². The van der Waals surface area contributed by atoms with Crippen molar-refractivity contribution in [2.24, 2.45) is 0 Å². The lowest BCUT2D eigenvalue weighted by Crippen LogP contribution is -2.44. The van der Waals surface area contributed by atoms with Gasteiger partial charge in [-0.05, 0) is 41.8 Å². The molecule has 0 fully saturated rings. The first-order chi connectivity index (χ1) is 15.6. The highest BCUT2D eigenvalue weighted by molar-refractivity contribution is 5.92. The Morgan fingerprint density at radius 3 is 2.44 bits per heavy atom. The zero-order valence-corrected chi connectivity index (χ0v) is 18.4. The van der Waals surface area contributed by atoms with E-state index in [1.54, 1.807) is 23.3 Å². The number of anilines is 1. The molecule has 3 amide bonds. The lowest BCUT2D eigenvalue weighted by Gasteiger charge is -2.27. The Labute approximate surface area is 189 Å². The molecule has 2 aromatic carbocycles. The molecular formula is C26H29N3O3. The lowest BCUT2D eigenvalue weighted by molar-refractivity contribution is -0.133. The van der Waals surface area contributed by atoms with Gasteiger partial charge in [-0.2, -0.15) is 0 Å². The summed E-state index contributed by atoms with van der Waals surface area (Å²) in [5, 5.41) is 2.89. The van der Waals surface area contributed by atoms with Crippen molar-refractivity contribution in [2.75, 3.05) is 18.4 Å². The summed E-state index contributed by atoms with van der Waals surface area (Å²) in [6.45, 7) is 6.72. The lowest BCUT2D eigenvalue weighted by atomic mass is 10.1. The second-order valence-corrected chi connectivity index (χ2v) is 7.47. The number of nitrogens with zero attached hydrogens (tertiary/aromatic N) is 2. The largest absolute Gasteiger partial charge is 0.467 e. The van der Waals surface area contributed by atoms with Crippen LogP contribution in [0.25, 0.3) is 0 Å². The van der Waals surface area contributed by atoms with Gasteiger partial charge in [0.15, 0.2) is 0 Å². The molecule has 1 heterocycles. The maximum Gasteiger partial charge on any atom is 0.322 e. The number of rotatable bonds is 10. The predicted octanol–water partition coefficient (Wildman–Crippen LogP) is 5.09. The van der Waals surface area contributed by atoms with Gasteiger partial charge in [0, 0.05) is 18.8 Å². The third kappa shape index (κ3) is 6.60. The Morgan fingerprint density at radius 1 is 0.969 bits per heavy atom. The first kappa shape index (κ1) is 22.9. The molecule has 0 saturated carbocycles. The second-order valence-electron chi connectivity index (χ2n) is 7.47. The summed E-state index contributed by atoms with van der Waals surface area (Å²) in [7, 11) is 0. The van der Waals surface area contributed by atoms with E-state index in [4.69, 9.17) is 4.42 Å². The number of carbonyl (C=O) groups excluding carboxylic acids is 2. The van der Waals surface area contributed by atoms with Gasteiger partial charge in [-0.25, -0.2) is 4.79 Å². The molecule has 1 aromatic heterocycles. The average molecular weight is 432 g/mol. The topological polar surface area (TPSA) is 65.8 Å². The first-order valence-corrected chi connectivity index (χ1v) is 10.7. The van der Waals surface area contributed by atoms with Crippen molar-refractivity contribution in [3.63, 3.8) is 0 Å². The highest BCUT2D eigenvalue weighted by Gasteiger charge is 2.22. The molecule has 166 valence electrons. The normalized spacial score (nSPS) is 10.4. The van der Waals surface area contributed by atoms with Crippen LogP contribution in [-0.4, -0.2) is 34.8 Å². The van der Waals surface area contributed by atoms with Crippen LogP contribution in [0.5, 0.6) is 0 Å². The van der Waals surface area contributed by atoms with Crippen LogP contribution >= 0.6 is 0 Å². The van der Waals surface area contributed by atoms with Gasteiger partial charge in [-0.3, -0.25) is 4.79 Å². The monoisotopic (exact) mass is 431 g/mol. The molecule has 1 N–H and O–H groups in total. The van der Waals surface area contributed by atoms with Gasteiger partial charge in [-0.15, -0.1) is 6.58 Å². The number of hydrogen-bond donors (Lipinski definition) is 1. The number of hydrogen-bond acceptors (Lipinski definition) is 3. The Bertz CT molecular complexity index is 1020. The van der Waals surface area contributed by atoms with Gasteiger partial charge < -0.3 is 19.5 Å². The van der Waals surface area contributed by atoms with Crippen molar-refractivity contribution in [2.45, 2.75) is 26.4 Å². The van der Waals surface area contributed by atoms with Crippen molar-refractivity contribution < 1.29 is 14.0 Å². The molecule has 0 aliphatic heterocycles. The van der Waals surface area contributed by atoms with E-state index < -0.39 is 0 Å². The van der Waals surface area contributed by atoms with Gasteiger partial charge >= 0.3 is 6.03 Å². The third-order valence-electron chi connectivity index (χ3n) is 5.05. The van der Waals surface area contributed by atoms with Crippen molar-refractivity contribution in [3.05, 3.63) is 103 Å². The molecular weight excluding hydrogens is 402 g/mol. The van der Waals surface area contributed by atoms with E-state index >= 15 is 0 Å². The van der Waals surface area contributed by atoms with Gasteiger partial charge in [0.05, 0.1) is 12.8 Å². The van der Waals surface area contributed by atoms with Crippen LogP contribution in [0, 0.1) is 0 Å². The van der Waals surface area contributed by atoms with Crippen molar-refractivity contribution in [3.8, 4) is 0 Å². The highest BCUT2D eigenvalue weighted by Crippen LogP contribution is 2.14. The minimum Gasteiger partial charge on any atom is -0.467 e. The standard InChI is InChI=1S/C26H29N3O3/c1-3-15-28(26(31)27-23-13-8-12-21(4-2)17-23)20-25(30)29(19-24-14-9-16-32-24)18-22-10-6-5-7-11-22/h3,5-14,16-17H,1,4,15,18-20H2,2H3,(H,27,31). The molecule has 0 unspecified atom stereocenters. The molecule has 0 atom stereocenters. The van der Waals surface area contributed by atoms with E-state index in [0.717, 1.165) is 17.5 Å². The fourth-order valence-electron chi connectivity index (χ4n) is 3.34. The smallest absolute Gasteiger partial charge is 0.322 e. The van der Waals surface area contributed by atoms with Crippen LogP contribution in [0.2, 0.25) is 0 Å². The molecule has 3 aromatic rings. The van der Waals surface area contributed by atoms with Crippen molar-refractivity contribution in [1.82, 2.24) is 9.80 Å². The van der Waals surface area contributed by atoms with Gasteiger partial charge in [0.1, 0.15) is 12.3 Å². The fraction of sp³-hybridized carbons (Fsp3) is 0.231.